The van der Waals surface area contributed by atoms with Gasteiger partial charge in [-0.15, -0.1) is 0 Å². The zero-order valence-corrected chi connectivity index (χ0v) is 25.4. The van der Waals surface area contributed by atoms with Crippen LogP contribution < -0.4 is 4.74 Å². The molecule has 2 unspecified atom stereocenters. The van der Waals surface area contributed by atoms with Crippen LogP contribution in [-0.2, 0) is 25.9 Å². The van der Waals surface area contributed by atoms with E-state index in [1.165, 1.54) is 5.56 Å². The third-order valence-corrected chi connectivity index (χ3v) is 9.12. The van der Waals surface area contributed by atoms with Crippen molar-refractivity contribution >= 4 is 21.6 Å². The van der Waals surface area contributed by atoms with Crippen LogP contribution in [0.2, 0.25) is 0 Å². The number of hydrogen-bond donors (Lipinski definition) is 1. The quantitative estimate of drug-likeness (QED) is 0.262. The molecular weight excluding hydrogens is 576 g/mol. The largest absolute Gasteiger partial charge is 0.494 e. The van der Waals surface area contributed by atoms with Crippen molar-refractivity contribution < 1.29 is 27.8 Å². The van der Waals surface area contributed by atoms with E-state index in [0.29, 0.717) is 36.8 Å². The van der Waals surface area contributed by atoms with Gasteiger partial charge < -0.3 is 19.5 Å². The minimum atomic E-state index is -3.55. The monoisotopic (exact) mass is 612 g/mol. The highest BCUT2D eigenvalue weighted by Crippen LogP contribution is 2.37. The summed E-state index contributed by atoms with van der Waals surface area (Å²) in [7, 11) is -3.55. The average Bonchev–Trinajstić information content (AvgIpc) is 3.46. The summed E-state index contributed by atoms with van der Waals surface area (Å²) in [5.74, 6) is 0.580. The maximum absolute atomic E-state index is 13.6. The number of amides is 1. The number of aliphatic imine (C=N–C) groups is 1. The van der Waals surface area contributed by atoms with Crippen LogP contribution >= 0.6 is 0 Å². The number of aliphatic hydroxyl groups is 1. The first-order valence-electron chi connectivity index (χ1n) is 14.6. The van der Waals surface area contributed by atoms with Gasteiger partial charge in [-0.05, 0) is 48.9 Å². The summed E-state index contributed by atoms with van der Waals surface area (Å²) in [5, 5.41) is 8.92. The van der Waals surface area contributed by atoms with Gasteiger partial charge in [0.15, 0.2) is 22.0 Å². The molecule has 9 heteroatoms. The highest BCUT2D eigenvalue weighted by Gasteiger charge is 2.43. The second-order valence-electron chi connectivity index (χ2n) is 10.6. The van der Waals surface area contributed by atoms with E-state index in [4.69, 9.17) is 14.6 Å². The first kappa shape index (κ1) is 31.0. The smallest absolute Gasteiger partial charge is 0.252 e. The van der Waals surface area contributed by atoms with Crippen LogP contribution in [0.3, 0.4) is 0 Å². The van der Waals surface area contributed by atoms with Crippen molar-refractivity contribution in [1.82, 2.24) is 4.90 Å². The second kappa shape index (κ2) is 14.3. The van der Waals surface area contributed by atoms with Crippen molar-refractivity contribution in [1.29, 1.82) is 0 Å². The van der Waals surface area contributed by atoms with Gasteiger partial charge in [0.25, 0.3) is 5.91 Å². The van der Waals surface area contributed by atoms with Crippen molar-refractivity contribution in [3.8, 4) is 5.75 Å². The summed E-state index contributed by atoms with van der Waals surface area (Å²) in [4.78, 5) is 20.1. The molecular formula is C35H36N2O6S. The predicted octanol–water partition coefficient (Wildman–Crippen LogP) is 5.15. The number of fused-ring (bicyclic) bond motifs is 3. The standard InChI is InChI=1S/C28H28N2O6S.C7H8/c31-16-6-17-35-22-13-11-20(12-14-22)27-29-25-26(36-27)24-10-5-4-7-21(24)19-30(28(25)32)15-18-37(33,34)23-8-2-1-3-9-23;1-7-5-3-2-4-6-7/h1-5,7-14,25-26,31H,6,15-19H2;2-6H,1H3. The maximum atomic E-state index is 13.6. The Morgan fingerprint density at radius 1 is 0.909 bits per heavy atom. The molecule has 0 radical (unpaired) electrons. The van der Waals surface area contributed by atoms with Gasteiger partial charge in [0.05, 0.1) is 17.3 Å². The zero-order valence-electron chi connectivity index (χ0n) is 24.6. The number of ether oxygens (including phenoxy) is 2. The molecule has 0 saturated carbocycles. The number of carbonyl (C=O) groups excluding carboxylic acids is 1. The molecule has 0 bridgehead atoms. The second-order valence-corrected chi connectivity index (χ2v) is 12.7. The lowest BCUT2D eigenvalue weighted by molar-refractivity contribution is -0.133. The van der Waals surface area contributed by atoms with Crippen molar-refractivity contribution in [2.75, 3.05) is 25.5 Å². The van der Waals surface area contributed by atoms with Crippen LogP contribution in [0.4, 0.5) is 0 Å². The number of nitrogens with zero attached hydrogens (tertiary/aromatic N) is 2. The fourth-order valence-corrected chi connectivity index (χ4v) is 6.31. The first-order valence-corrected chi connectivity index (χ1v) is 16.3. The van der Waals surface area contributed by atoms with Crippen LogP contribution in [-0.4, -0.2) is 61.8 Å². The molecule has 6 rings (SSSR count). The van der Waals surface area contributed by atoms with E-state index in [1.54, 1.807) is 47.4 Å². The van der Waals surface area contributed by atoms with Crippen molar-refractivity contribution in [3.63, 3.8) is 0 Å². The number of aryl methyl sites for hydroxylation is 1. The van der Waals surface area contributed by atoms with Gasteiger partial charge in [0, 0.05) is 37.2 Å². The van der Waals surface area contributed by atoms with Crippen LogP contribution in [0.15, 0.2) is 119 Å². The zero-order chi connectivity index (χ0) is 30.9. The van der Waals surface area contributed by atoms with Gasteiger partial charge in [-0.3, -0.25) is 4.79 Å². The Hall–Kier alpha value is -4.47. The van der Waals surface area contributed by atoms with E-state index in [-0.39, 0.29) is 29.7 Å². The molecule has 0 spiro atoms. The summed E-state index contributed by atoms with van der Waals surface area (Å²) in [6.07, 6.45) is -0.0408. The summed E-state index contributed by atoms with van der Waals surface area (Å²) < 4.78 is 37.6. The van der Waals surface area contributed by atoms with E-state index in [2.05, 4.69) is 24.0 Å². The Balaban J connectivity index is 0.000000484. The predicted molar refractivity (Wildman–Crippen MR) is 169 cm³/mol. The van der Waals surface area contributed by atoms with Crippen LogP contribution in [0.25, 0.3) is 0 Å². The number of carbonyl (C=O) groups is 1. The lowest BCUT2D eigenvalue weighted by atomic mass is 9.99. The lowest BCUT2D eigenvalue weighted by Crippen LogP contribution is -2.40. The van der Waals surface area contributed by atoms with Gasteiger partial charge >= 0.3 is 0 Å². The summed E-state index contributed by atoms with van der Waals surface area (Å²) in [5.41, 5.74) is 3.81. The van der Waals surface area contributed by atoms with Gasteiger partial charge in [-0.2, -0.15) is 0 Å². The lowest BCUT2D eigenvalue weighted by Gasteiger charge is -2.22. The van der Waals surface area contributed by atoms with E-state index < -0.39 is 22.0 Å². The molecule has 2 aliphatic rings. The molecule has 0 fully saturated rings. The minimum Gasteiger partial charge on any atom is -0.494 e. The van der Waals surface area contributed by atoms with Crippen molar-refractivity contribution in [2.45, 2.75) is 36.9 Å². The number of hydrogen-bond acceptors (Lipinski definition) is 7. The van der Waals surface area contributed by atoms with Gasteiger partial charge in [-0.1, -0.05) is 78.4 Å². The fraction of sp³-hybridized carbons (Fsp3) is 0.257. The van der Waals surface area contributed by atoms with Crippen LogP contribution in [0, 0.1) is 6.92 Å². The first-order chi connectivity index (χ1) is 21.4. The van der Waals surface area contributed by atoms with E-state index >= 15 is 0 Å². The number of benzene rings is 4. The summed E-state index contributed by atoms with van der Waals surface area (Å²) in [6.45, 7) is 2.91. The molecule has 4 aromatic carbocycles. The number of rotatable bonds is 9. The molecule has 0 saturated heterocycles. The summed E-state index contributed by atoms with van der Waals surface area (Å²) >= 11 is 0. The molecule has 2 heterocycles. The number of sulfone groups is 1. The molecule has 0 aromatic heterocycles. The third kappa shape index (κ3) is 7.53. The molecule has 8 nitrogen and oxygen atoms in total. The molecule has 1 N–H and O–H groups in total. The molecule has 0 aliphatic carbocycles. The maximum Gasteiger partial charge on any atom is 0.252 e. The Labute approximate surface area is 258 Å². The van der Waals surface area contributed by atoms with Gasteiger partial charge in [-0.25, -0.2) is 13.4 Å². The molecule has 2 aliphatic heterocycles. The van der Waals surface area contributed by atoms with Crippen molar-refractivity contribution in [3.05, 3.63) is 131 Å². The molecule has 228 valence electrons. The van der Waals surface area contributed by atoms with Crippen molar-refractivity contribution in [2.24, 2.45) is 4.99 Å². The average molecular weight is 613 g/mol. The van der Waals surface area contributed by atoms with E-state index in [1.807, 2.05) is 54.6 Å². The van der Waals surface area contributed by atoms with Crippen LogP contribution in [0.1, 0.15) is 34.8 Å². The highest BCUT2D eigenvalue weighted by molar-refractivity contribution is 7.91. The Kier molecular flexibility index (Phi) is 10.1. The normalized spacial score (nSPS) is 17.3. The highest BCUT2D eigenvalue weighted by atomic mass is 32.2. The number of aliphatic hydroxyl groups excluding tert-OH is 1. The van der Waals surface area contributed by atoms with Gasteiger partial charge in [0.2, 0.25) is 5.90 Å². The Morgan fingerprint density at radius 3 is 2.23 bits per heavy atom. The topological polar surface area (TPSA) is 106 Å². The summed E-state index contributed by atoms with van der Waals surface area (Å²) in [6, 6.07) is 32.6. The SMILES string of the molecule is Cc1ccccc1.O=C1C2N=C(c3ccc(OCCCO)cc3)OC2c2ccccc2CN1CCS(=O)(=O)c1ccccc1. The molecule has 4 aromatic rings. The molecule has 44 heavy (non-hydrogen) atoms. The van der Waals surface area contributed by atoms with Crippen LogP contribution in [0.5, 0.6) is 5.75 Å². The third-order valence-electron chi connectivity index (χ3n) is 7.41. The Bertz CT molecular complexity index is 1680. The molecule has 2 atom stereocenters. The van der Waals surface area contributed by atoms with E-state index in [0.717, 1.165) is 11.1 Å². The minimum absolute atomic E-state index is 0.0539. The van der Waals surface area contributed by atoms with Gasteiger partial charge in [0.1, 0.15) is 5.75 Å². The Morgan fingerprint density at radius 2 is 1.57 bits per heavy atom. The fourth-order valence-electron chi connectivity index (χ4n) is 5.04. The molecule has 1 amide bonds. The van der Waals surface area contributed by atoms with E-state index in [9.17, 15) is 13.2 Å².